The first-order valence-corrected chi connectivity index (χ1v) is 10.9. The normalized spacial score (nSPS) is 15.2. The van der Waals surface area contributed by atoms with Crippen LogP contribution in [0.2, 0.25) is 0 Å². The topological polar surface area (TPSA) is 102 Å². The van der Waals surface area contributed by atoms with Gasteiger partial charge in [-0.25, -0.2) is 21.6 Å². The Balaban J connectivity index is 1.76. The van der Waals surface area contributed by atoms with Gasteiger partial charge in [0.15, 0.2) is 0 Å². The van der Waals surface area contributed by atoms with E-state index in [9.17, 15) is 30.0 Å². The van der Waals surface area contributed by atoms with E-state index in [2.05, 4.69) is 14.2 Å². The van der Waals surface area contributed by atoms with E-state index >= 15 is 0 Å². The van der Waals surface area contributed by atoms with Gasteiger partial charge in [0.2, 0.25) is 10.0 Å². The van der Waals surface area contributed by atoms with Gasteiger partial charge < -0.3 is 4.74 Å². The maximum absolute atomic E-state index is 12.4. The first-order chi connectivity index (χ1) is 12.9. The summed E-state index contributed by atoms with van der Waals surface area (Å²) in [5, 5.41) is 0. The van der Waals surface area contributed by atoms with Crippen molar-refractivity contribution in [3.63, 3.8) is 0 Å². The van der Waals surface area contributed by atoms with Crippen molar-refractivity contribution in [1.82, 2.24) is 4.72 Å². The average Bonchev–Trinajstić information content (AvgIpc) is 3.37. The van der Waals surface area contributed by atoms with E-state index in [0.717, 1.165) is 37.1 Å². The van der Waals surface area contributed by atoms with Crippen LogP contribution >= 0.6 is 0 Å². The highest BCUT2D eigenvalue weighted by molar-refractivity contribution is 7.92. The highest BCUT2D eigenvalue weighted by atomic mass is 32.2. The van der Waals surface area contributed by atoms with Crippen LogP contribution < -0.4 is 14.2 Å². The second-order valence-corrected chi connectivity index (χ2v) is 9.44. The Morgan fingerprint density at radius 3 is 2.11 bits per heavy atom. The number of halogens is 3. The smallest absolute Gasteiger partial charge is 0.406 e. The molecule has 28 heavy (non-hydrogen) atoms. The summed E-state index contributed by atoms with van der Waals surface area (Å²) in [7, 11) is -7.89. The van der Waals surface area contributed by atoms with Crippen molar-refractivity contribution in [3.05, 3.63) is 48.5 Å². The average molecular weight is 436 g/mol. The number of sulfonamides is 2. The molecule has 0 bridgehead atoms. The number of anilines is 1. The van der Waals surface area contributed by atoms with Crippen molar-refractivity contribution in [2.45, 2.75) is 35.0 Å². The largest absolute Gasteiger partial charge is 0.573 e. The summed E-state index contributed by atoms with van der Waals surface area (Å²) in [6, 6.07) is 8.78. The number of nitrogens with one attached hydrogen (secondary N) is 2. The Morgan fingerprint density at radius 2 is 1.54 bits per heavy atom. The second kappa shape index (κ2) is 7.26. The van der Waals surface area contributed by atoms with Gasteiger partial charge >= 0.3 is 6.36 Å². The molecule has 2 N–H and O–H groups in total. The van der Waals surface area contributed by atoms with Gasteiger partial charge in [-0.1, -0.05) is 6.07 Å². The van der Waals surface area contributed by atoms with Gasteiger partial charge in [-0.05, 0) is 49.2 Å². The molecule has 2 aromatic carbocycles. The van der Waals surface area contributed by atoms with Crippen molar-refractivity contribution >= 4 is 25.7 Å². The van der Waals surface area contributed by atoms with E-state index < -0.39 is 37.1 Å². The molecular formula is C16H15F3N2O5S2. The van der Waals surface area contributed by atoms with Crippen molar-refractivity contribution in [1.29, 1.82) is 0 Å². The van der Waals surface area contributed by atoms with Gasteiger partial charge in [-0.15, -0.1) is 13.2 Å². The molecule has 0 spiro atoms. The molecule has 1 fully saturated rings. The molecule has 2 aromatic rings. The lowest BCUT2D eigenvalue weighted by Gasteiger charge is -2.12. The van der Waals surface area contributed by atoms with Gasteiger partial charge in [0.05, 0.1) is 9.79 Å². The molecule has 0 radical (unpaired) electrons. The first-order valence-electron chi connectivity index (χ1n) is 7.96. The Kier molecular flexibility index (Phi) is 5.30. The summed E-state index contributed by atoms with van der Waals surface area (Å²) in [6.07, 6.45) is -3.41. The van der Waals surface area contributed by atoms with E-state index in [-0.39, 0.29) is 16.6 Å². The fourth-order valence-electron chi connectivity index (χ4n) is 2.24. The molecular weight excluding hydrogens is 421 g/mol. The first kappa shape index (κ1) is 20.4. The third-order valence-electron chi connectivity index (χ3n) is 3.67. The third kappa shape index (κ3) is 5.36. The molecule has 0 unspecified atom stereocenters. The summed E-state index contributed by atoms with van der Waals surface area (Å²) in [4.78, 5) is -0.468. The van der Waals surface area contributed by atoms with Gasteiger partial charge in [0.1, 0.15) is 5.75 Å². The lowest BCUT2D eigenvalue weighted by Crippen LogP contribution is -2.25. The van der Waals surface area contributed by atoms with Crippen LogP contribution in [0.1, 0.15) is 12.8 Å². The highest BCUT2D eigenvalue weighted by Crippen LogP contribution is 2.26. The fraction of sp³-hybridized carbons (Fsp3) is 0.250. The molecule has 1 saturated carbocycles. The Labute approximate surface area is 159 Å². The Bertz CT molecular complexity index is 1060. The van der Waals surface area contributed by atoms with Crippen LogP contribution in [0.15, 0.2) is 58.3 Å². The van der Waals surface area contributed by atoms with Crippen LogP contribution in [0.4, 0.5) is 18.9 Å². The molecule has 7 nitrogen and oxygen atoms in total. The predicted octanol–water partition coefficient (Wildman–Crippen LogP) is 2.83. The minimum Gasteiger partial charge on any atom is -0.406 e. The van der Waals surface area contributed by atoms with Crippen molar-refractivity contribution in [2.24, 2.45) is 0 Å². The van der Waals surface area contributed by atoms with Gasteiger partial charge in [-0.2, -0.15) is 0 Å². The Morgan fingerprint density at radius 1 is 0.893 bits per heavy atom. The van der Waals surface area contributed by atoms with Crippen LogP contribution in [0.25, 0.3) is 0 Å². The maximum atomic E-state index is 12.4. The summed E-state index contributed by atoms with van der Waals surface area (Å²) in [6.45, 7) is 0. The van der Waals surface area contributed by atoms with Gasteiger partial charge in [0, 0.05) is 17.8 Å². The molecule has 1 aliphatic carbocycles. The van der Waals surface area contributed by atoms with Crippen LogP contribution in [-0.4, -0.2) is 29.2 Å². The summed E-state index contributed by atoms with van der Waals surface area (Å²) < 4.78 is 94.2. The third-order valence-corrected chi connectivity index (χ3v) is 6.58. The van der Waals surface area contributed by atoms with E-state index in [1.54, 1.807) is 0 Å². The van der Waals surface area contributed by atoms with Crippen molar-refractivity contribution < 1.29 is 34.7 Å². The SMILES string of the molecule is O=S(=O)(Nc1ccc(S(=O)(=O)NC2CC2)cc1)c1cccc(OC(F)(F)F)c1. The highest BCUT2D eigenvalue weighted by Gasteiger charge is 2.31. The molecule has 12 heteroatoms. The molecule has 1 aliphatic rings. The fourth-order valence-corrected chi connectivity index (χ4v) is 4.64. The molecule has 0 amide bonds. The van der Waals surface area contributed by atoms with Gasteiger partial charge in [-0.3, -0.25) is 4.72 Å². The zero-order valence-electron chi connectivity index (χ0n) is 14.1. The second-order valence-electron chi connectivity index (χ2n) is 6.05. The predicted molar refractivity (Wildman–Crippen MR) is 93.7 cm³/mol. The monoisotopic (exact) mass is 436 g/mol. The minimum absolute atomic E-state index is 0.0251. The number of ether oxygens (including phenoxy) is 1. The molecule has 3 rings (SSSR count). The summed E-state index contributed by atoms with van der Waals surface area (Å²) in [5.74, 6) is -0.678. The van der Waals surface area contributed by atoms with Gasteiger partial charge in [0.25, 0.3) is 10.0 Å². The minimum atomic E-state index is -4.95. The van der Waals surface area contributed by atoms with E-state index in [4.69, 9.17) is 0 Å². The number of hydrogen-bond acceptors (Lipinski definition) is 5. The number of rotatable bonds is 7. The van der Waals surface area contributed by atoms with Crippen LogP contribution in [0.5, 0.6) is 5.75 Å². The summed E-state index contributed by atoms with van der Waals surface area (Å²) in [5.41, 5.74) is 0.0486. The molecule has 0 saturated heterocycles. The lowest BCUT2D eigenvalue weighted by molar-refractivity contribution is -0.274. The van der Waals surface area contributed by atoms with Crippen LogP contribution in [0, 0.1) is 0 Å². The van der Waals surface area contributed by atoms with Crippen molar-refractivity contribution in [3.8, 4) is 5.75 Å². The standard InChI is InChI=1S/C16H15F3N2O5S2/c17-16(18,19)26-13-2-1-3-15(10-13)28(24,25)21-12-6-8-14(9-7-12)27(22,23)20-11-4-5-11/h1-3,6-11,20-21H,4-5H2. The van der Waals surface area contributed by atoms with E-state index in [0.29, 0.717) is 0 Å². The van der Waals surface area contributed by atoms with Crippen LogP contribution in [0.3, 0.4) is 0 Å². The quantitative estimate of drug-likeness (QED) is 0.695. The van der Waals surface area contributed by atoms with E-state index in [1.807, 2.05) is 0 Å². The lowest BCUT2D eigenvalue weighted by atomic mass is 10.3. The molecule has 0 atom stereocenters. The number of benzene rings is 2. The number of hydrogen-bond donors (Lipinski definition) is 2. The summed E-state index contributed by atoms with van der Waals surface area (Å²) >= 11 is 0. The van der Waals surface area contributed by atoms with Crippen molar-refractivity contribution in [2.75, 3.05) is 4.72 Å². The zero-order chi connectivity index (χ0) is 20.6. The molecule has 0 aliphatic heterocycles. The maximum Gasteiger partial charge on any atom is 0.573 e. The number of alkyl halides is 3. The Hall–Kier alpha value is -2.31. The van der Waals surface area contributed by atoms with Crippen LogP contribution in [-0.2, 0) is 20.0 Å². The molecule has 0 aromatic heterocycles. The molecule has 152 valence electrons. The van der Waals surface area contributed by atoms with E-state index in [1.165, 1.54) is 24.3 Å². The zero-order valence-corrected chi connectivity index (χ0v) is 15.7. The molecule has 0 heterocycles.